The first kappa shape index (κ1) is 110. The molecule has 7 fully saturated rings. The molecule has 8 aromatic rings. The van der Waals surface area contributed by atoms with Gasteiger partial charge in [-0.3, -0.25) is 130 Å². The molecule has 7 saturated heterocycles. The summed E-state index contributed by atoms with van der Waals surface area (Å²) in [5, 5.41) is 0. The second kappa shape index (κ2) is 44.1. The number of aryl methyl sites for hydroxylation is 6. The van der Waals surface area contributed by atoms with Crippen LogP contribution in [0.15, 0.2) is 97.8 Å². The first-order chi connectivity index (χ1) is 66.5. The van der Waals surface area contributed by atoms with Gasteiger partial charge >= 0.3 is 81.7 Å². The molecule has 10 N–H and O–H groups in total. The number of H-pyrrole nitrogens is 4. The number of ether oxygens (including phenoxy) is 7. The number of hydrogen-bond donors (Lipinski definition) is 14. The third kappa shape index (κ3) is 26.4. The van der Waals surface area contributed by atoms with E-state index in [-0.39, 0.29) is 82.1 Å². The molecular formula is C71H96N19O38P7S7. The Labute approximate surface area is 835 Å². The van der Waals surface area contributed by atoms with Gasteiger partial charge in [0, 0.05) is 123 Å². The van der Waals surface area contributed by atoms with Crippen molar-refractivity contribution in [1.82, 2.24) is 76.8 Å². The van der Waals surface area contributed by atoms with Gasteiger partial charge in [0.2, 0.25) is 0 Å². The number of nitrogens with two attached hydrogens (primary N) is 3. The number of nitrogen functional groups attached to an aromatic ring is 3. The van der Waals surface area contributed by atoms with Crippen LogP contribution in [0.25, 0.3) is 11.2 Å². The third-order valence-corrected chi connectivity index (χ3v) is 35.0. The van der Waals surface area contributed by atoms with Crippen LogP contribution in [-0.2, 0) is 128 Å². The summed E-state index contributed by atoms with van der Waals surface area (Å²) in [6, 6.07) is 0. The normalized spacial score (nSPS) is 29.9. The number of nitrogens with one attached hydrogen (secondary N) is 4. The maximum Gasteiger partial charge on any atom is 0.386 e. The third-order valence-electron chi connectivity index (χ3n) is 23.4. The van der Waals surface area contributed by atoms with Crippen molar-refractivity contribution in [3.05, 3.63) is 188 Å². The maximum absolute atomic E-state index is 15.0. The first-order valence-corrected chi connectivity index (χ1v) is 61.4. The molecule has 0 aliphatic carbocycles. The van der Waals surface area contributed by atoms with Gasteiger partial charge in [-0.15, -0.1) is 0 Å². The topological polar surface area (TPSA) is 724 Å². The lowest BCUT2D eigenvalue weighted by atomic mass is 10.2. The molecule has 15 heterocycles. The highest BCUT2D eigenvalue weighted by atomic mass is 32.7. The predicted octanol–water partition coefficient (Wildman–Crippen LogP) is 5.88. The monoisotopic (exact) mass is 2260 g/mol. The van der Waals surface area contributed by atoms with Crippen molar-refractivity contribution >= 4 is 162 Å². The summed E-state index contributed by atoms with van der Waals surface area (Å²) in [6.45, 7) is -27.5. The molecule has 142 heavy (non-hydrogen) atoms. The number of fused-ring (bicyclic) bond motifs is 1. The number of anilines is 3. The molecule has 0 radical (unpaired) electrons. The lowest BCUT2D eigenvalue weighted by Crippen LogP contribution is -2.33. The van der Waals surface area contributed by atoms with Gasteiger partial charge in [0.05, 0.1) is 58.2 Å². The molecule has 0 amide bonds. The van der Waals surface area contributed by atoms with Crippen LogP contribution in [0.2, 0.25) is 0 Å². The van der Waals surface area contributed by atoms with Crippen molar-refractivity contribution in [2.45, 2.75) is 222 Å². The summed E-state index contributed by atoms with van der Waals surface area (Å²) in [4.78, 5) is 159. The van der Waals surface area contributed by atoms with Gasteiger partial charge in [0.15, 0.2) is 11.5 Å². The number of nitrogens with zero attached hydrogens (tertiary/aromatic N) is 12. The highest BCUT2D eigenvalue weighted by Crippen LogP contribution is 2.65. The van der Waals surface area contributed by atoms with E-state index in [4.69, 9.17) is 114 Å². The highest BCUT2D eigenvalue weighted by Gasteiger charge is 2.53. The Morgan fingerprint density at radius 3 is 0.852 bits per heavy atom. The number of aromatic nitrogens is 16. The van der Waals surface area contributed by atoms with E-state index < -0.39 is 292 Å². The molecule has 780 valence electrons. The minimum Gasteiger partial charge on any atom is -0.383 e. The summed E-state index contributed by atoms with van der Waals surface area (Å²) < 4.78 is 234. The van der Waals surface area contributed by atoms with Crippen LogP contribution >= 0.6 is 133 Å². The Morgan fingerprint density at radius 1 is 0.331 bits per heavy atom. The largest absolute Gasteiger partial charge is 0.386 e. The molecule has 71 heteroatoms. The number of hydrogen-bond acceptors (Lipinski definition) is 46. The minimum absolute atomic E-state index is 0.0122. The SMILES string of the molecule is COP(=O)(S)O[C@@H]1C[C@H](n2cc(C)c(=O)[nH]c2=O)O[C@@H]1COP(=O)(S)O[C@@H]1C[C@H](n2cnc3c(N)ncnc32)O[C@@H]1COP(=O)(S)O[C@@H]1C[C@H](n2cc(C)c(N)nc2=O)O[C@@H]1COP(=O)(S)O[C@@H]1C[C@H](n2cc(C)c(N)nc2=O)O[C@@H]1COP(=O)(S)O[C@@H]1C[C@H](n2cc(C)c(=O)[nH]c2=O)O[C@@H]1COP(=O)(S)O[C@@H]1C[C@H](n2cc(C)c(=O)[nH]c2=O)O[C@@H]1COP(=O)(S)O[C@@H]1C[C@H](n2cc(C)c(=O)[nH]c2=O)O[C@@H]1C. The molecule has 28 atom stereocenters. The Bertz CT molecular complexity index is 7160. The summed E-state index contributed by atoms with van der Waals surface area (Å²) in [5.74, 6) is -0.316. The molecule has 15 rings (SSSR count). The van der Waals surface area contributed by atoms with E-state index in [0.717, 1.165) is 47.0 Å². The molecule has 7 unspecified atom stereocenters. The van der Waals surface area contributed by atoms with Crippen molar-refractivity contribution in [1.29, 1.82) is 0 Å². The fraction of sp³-hybridized carbons (Fsp3) is 0.592. The van der Waals surface area contributed by atoms with Gasteiger partial charge < -0.3 is 54.9 Å². The standard InChI is InChI=1S/C71H96N19O38P7S7/c1-30-16-84(66(95)78-58(30)72)51-11-39(46(117-51)25-112-132(104,139)127-42-14-55(89-21-35(6)65(94)83-71(89)100)120-48(42)26-113-133(105,140)126-41-13-54(88-20-34(5)64(93)82-70(88)99)119-45(41)23-109-130(102,137)122-37-9-50(115-36(37)7)86-18-32(3)62(91)80-68(86)97)124-131(103,138)111-24-47-40(12-52(118-47)85-17-31(2)59(73)79-67(85)96)125-134(106,141)114-27-49-43(15-56(121-49)90-29-77-57-60(74)75-28-76-61(57)90)128-135(107,142)110-22-44-38(123-129(101,136)108-8)10-53(116-44)87-19-33(4)63(92)81-69(87)98/h16-21,28-29,36-56H,9-15,22-27H2,1-8H3,(H,101,136)(H,102,137)(H,103,138)(H,104,139)(H,105,140)(H,106,141)(H,107,142)(H2,72,78,95)(H2,73,79,96)(H2,74,75,76)(H,80,91,97)(H,81,92,98)(H,82,93,99)(H,83,94,100)/t36-,37-,38-,39-,40-,41-,42-,43-,44-,45-,46-,47-,48-,49-,50-,51-,52-,53-,54-,55-,56-,129?,130?,131?,132?,133?,134?,135?/m1/s1. The van der Waals surface area contributed by atoms with Gasteiger partial charge in [0.1, 0.15) is 140 Å². The van der Waals surface area contributed by atoms with Crippen molar-refractivity contribution in [3.8, 4) is 0 Å². The van der Waals surface area contributed by atoms with E-state index in [1.165, 1.54) is 83.4 Å². The van der Waals surface area contributed by atoms with Crippen LogP contribution in [0.1, 0.15) is 129 Å². The zero-order valence-corrected chi connectivity index (χ0v) is 87.8. The van der Waals surface area contributed by atoms with Crippen LogP contribution in [0, 0.1) is 41.5 Å². The minimum atomic E-state index is -4.93. The Morgan fingerprint density at radius 2 is 0.570 bits per heavy atom. The maximum atomic E-state index is 15.0. The first-order valence-electron chi connectivity index (χ1n) is 42.6. The van der Waals surface area contributed by atoms with Crippen molar-refractivity contribution in [2.75, 3.05) is 64.0 Å². The van der Waals surface area contributed by atoms with Gasteiger partial charge in [-0.05, 0) is 48.5 Å². The van der Waals surface area contributed by atoms with Crippen molar-refractivity contribution in [3.63, 3.8) is 0 Å². The van der Waals surface area contributed by atoms with Crippen LogP contribution < -0.4 is 73.6 Å². The summed E-state index contributed by atoms with van der Waals surface area (Å²) >= 11 is 29.7. The summed E-state index contributed by atoms with van der Waals surface area (Å²) in [5.41, 5.74) is 11.1. The van der Waals surface area contributed by atoms with Crippen molar-refractivity contribution < 1.29 is 128 Å². The second-order valence-corrected chi connectivity index (χ2v) is 53.7. The van der Waals surface area contributed by atoms with E-state index in [9.17, 15) is 75.3 Å². The van der Waals surface area contributed by atoms with E-state index >= 15 is 4.57 Å². The summed E-state index contributed by atoms with van der Waals surface area (Å²) in [6.07, 6.45) is -20.9. The average molecular weight is 2260 g/mol. The number of imidazole rings is 1. The lowest BCUT2D eigenvalue weighted by Gasteiger charge is -2.27. The quantitative estimate of drug-likeness (QED) is 0.0157. The molecular weight excluding hydrogens is 2170 g/mol. The zero-order chi connectivity index (χ0) is 103. The van der Waals surface area contributed by atoms with E-state index in [2.05, 4.69) is 131 Å². The fourth-order valence-electron chi connectivity index (χ4n) is 16.2. The molecule has 0 spiro atoms. The number of rotatable bonds is 40. The Kier molecular flexibility index (Phi) is 34.1. The molecule has 0 saturated carbocycles. The highest BCUT2D eigenvalue weighted by molar-refractivity contribution is 8.46. The molecule has 0 aromatic carbocycles. The molecule has 7 aliphatic heterocycles. The molecule has 7 aliphatic rings. The van der Waals surface area contributed by atoms with E-state index in [1.807, 2.05) is 0 Å². The Balaban J connectivity index is 0.633. The van der Waals surface area contributed by atoms with E-state index in [0.29, 0.717) is 5.56 Å². The number of aromatic amines is 4. The smallest absolute Gasteiger partial charge is 0.383 e. The fourth-order valence-corrected chi connectivity index (χ4v) is 26.4. The van der Waals surface area contributed by atoms with Crippen LogP contribution in [-0.4, -0.2) is 209 Å². The van der Waals surface area contributed by atoms with Crippen LogP contribution in [0.5, 0.6) is 0 Å². The molecule has 0 bridgehead atoms. The predicted molar refractivity (Wildman–Crippen MR) is 518 cm³/mol. The average Bonchev–Trinajstić information content (AvgIpc) is 1.64. The zero-order valence-electron chi connectivity index (χ0n) is 75.3. The van der Waals surface area contributed by atoms with Gasteiger partial charge in [-0.25, -0.2) is 75.7 Å². The van der Waals surface area contributed by atoms with Crippen LogP contribution in [0.3, 0.4) is 0 Å². The van der Waals surface area contributed by atoms with Gasteiger partial charge in [-0.2, -0.15) is 9.97 Å². The number of thiol groups is 7. The molecule has 8 aromatic heterocycles. The van der Waals surface area contributed by atoms with Gasteiger partial charge in [0.25, 0.3) is 22.2 Å². The summed E-state index contributed by atoms with van der Waals surface area (Å²) in [7, 11) is 1.06. The van der Waals surface area contributed by atoms with Crippen LogP contribution in [0.4, 0.5) is 17.5 Å². The molecule has 57 nitrogen and oxygen atoms in total. The van der Waals surface area contributed by atoms with Gasteiger partial charge in [-0.1, -0.05) is 85.7 Å². The lowest BCUT2D eigenvalue weighted by molar-refractivity contribution is -0.0539. The Hall–Kier alpha value is -6.35. The second-order valence-electron chi connectivity index (χ2n) is 33.5. The van der Waals surface area contributed by atoms with E-state index in [1.54, 1.807) is 6.92 Å². The van der Waals surface area contributed by atoms with Crippen molar-refractivity contribution in [2.24, 2.45) is 0 Å².